The summed E-state index contributed by atoms with van der Waals surface area (Å²) in [6, 6.07) is 14.9. The summed E-state index contributed by atoms with van der Waals surface area (Å²) in [5.41, 5.74) is 3.41. The van der Waals surface area contributed by atoms with Crippen LogP contribution in [0.3, 0.4) is 0 Å². The molecule has 1 aromatic heterocycles. The van der Waals surface area contributed by atoms with E-state index in [1.165, 1.54) is 30.5 Å². The number of carbonyl (C=O) groups excluding carboxylic acids is 1. The van der Waals surface area contributed by atoms with Gasteiger partial charge in [0.05, 0.1) is 11.3 Å². The van der Waals surface area contributed by atoms with Gasteiger partial charge in [0.25, 0.3) is 5.91 Å². The Morgan fingerprint density at radius 2 is 2.03 bits per heavy atom. The summed E-state index contributed by atoms with van der Waals surface area (Å²) in [6.07, 6.45) is 4.18. The number of nitrogens with one attached hydrogen (secondary N) is 2. The van der Waals surface area contributed by atoms with Gasteiger partial charge in [0.2, 0.25) is 0 Å². The van der Waals surface area contributed by atoms with Gasteiger partial charge >= 0.3 is 0 Å². The summed E-state index contributed by atoms with van der Waals surface area (Å²) in [7, 11) is 0. The molecule has 0 spiro atoms. The van der Waals surface area contributed by atoms with Crippen molar-refractivity contribution in [2.45, 2.75) is 12.3 Å². The highest BCUT2D eigenvalue weighted by Gasteiger charge is 2.27. The summed E-state index contributed by atoms with van der Waals surface area (Å²) >= 11 is 0. The number of aromatic nitrogens is 1. The van der Waals surface area contributed by atoms with Gasteiger partial charge in [0, 0.05) is 54.0 Å². The maximum absolute atomic E-state index is 14.9. The van der Waals surface area contributed by atoms with Crippen molar-refractivity contribution in [1.29, 1.82) is 0 Å². The highest BCUT2D eigenvalue weighted by Crippen LogP contribution is 2.34. The van der Waals surface area contributed by atoms with Crippen LogP contribution in [0.25, 0.3) is 5.57 Å². The molecule has 2 aromatic carbocycles. The lowest BCUT2D eigenvalue weighted by Gasteiger charge is -2.20. The molecule has 5 rings (SSSR count). The molecule has 0 saturated carbocycles. The lowest BCUT2D eigenvalue weighted by molar-refractivity contribution is -0.110. The van der Waals surface area contributed by atoms with Crippen LogP contribution < -0.4 is 15.5 Å². The molecule has 2 aliphatic rings. The van der Waals surface area contributed by atoms with Crippen LogP contribution in [-0.4, -0.2) is 24.0 Å². The van der Waals surface area contributed by atoms with E-state index in [9.17, 15) is 13.6 Å². The van der Waals surface area contributed by atoms with Crippen molar-refractivity contribution in [3.8, 4) is 0 Å². The van der Waals surface area contributed by atoms with Crippen molar-refractivity contribution in [2.75, 3.05) is 28.6 Å². The van der Waals surface area contributed by atoms with E-state index in [1.54, 1.807) is 18.3 Å². The van der Waals surface area contributed by atoms with E-state index in [4.69, 9.17) is 0 Å². The lowest BCUT2D eigenvalue weighted by Crippen LogP contribution is -2.20. The fourth-order valence-electron chi connectivity index (χ4n) is 4.15. The molecule has 31 heavy (non-hydrogen) atoms. The Morgan fingerprint density at radius 1 is 1.13 bits per heavy atom. The molecule has 1 fully saturated rings. The zero-order valence-corrected chi connectivity index (χ0v) is 16.6. The number of halogens is 2. The van der Waals surface area contributed by atoms with E-state index >= 15 is 0 Å². The maximum Gasteiger partial charge on any atom is 0.257 e. The molecule has 2 N–H and O–H groups in total. The number of benzene rings is 2. The SMILES string of the molecule is O=C1Nc2ccc(F)cc2/C1=C/Nc1ccc(N2CCC(c3ccccn3)C2)c(F)c1. The quantitative estimate of drug-likeness (QED) is 0.600. The van der Waals surface area contributed by atoms with Gasteiger partial charge in [-0.3, -0.25) is 9.78 Å². The molecular formula is C24H20F2N4O. The van der Waals surface area contributed by atoms with Gasteiger partial charge in [-0.2, -0.15) is 0 Å². The van der Waals surface area contributed by atoms with E-state index in [2.05, 4.69) is 15.6 Å². The van der Waals surface area contributed by atoms with E-state index in [1.807, 2.05) is 23.1 Å². The molecule has 156 valence electrons. The minimum atomic E-state index is -0.425. The van der Waals surface area contributed by atoms with E-state index in [0.717, 1.165) is 18.7 Å². The third kappa shape index (κ3) is 3.74. The Bertz CT molecular complexity index is 1180. The van der Waals surface area contributed by atoms with Crippen LogP contribution in [0.1, 0.15) is 23.6 Å². The van der Waals surface area contributed by atoms with Crippen molar-refractivity contribution in [1.82, 2.24) is 4.98 Å². The molecule has 3 aromatic rings. The number of fused-ring (bicyclic) bond motifs is 1. The molecule has 2 aliphatic heterocycles. The Morgan fingerprint density at radius 3 is 2.84 bits per heavy atom. The highest BCUT2D eigenvalue weighted by molar-refractivity contribution is 6.31. The van der Waals surface area contributed by atoms with Gasteiger partial charge in [-0.25, -0.2) is 8.78 Å². The molecular weight excluding hydrogens is 398 g/mol. The summed E-state index contributed by atoms with van der Waals surface area (Å²) in [4.78, 5) is 18.6. The van der Waals surface area contributed by atoms with E-state index < -0.39 is 5.82 Å². The second kappa shape index (κ2) is 7.83. The van der Waals surface area contributed by atoms with Crippen LogP contribution in [-0.2, 0) is 4.79 Å². The predicted octanol–water partition coefficient (Wildman–Crippen LogP) is 4.76. The van der Waals surface area contributed by atoms with Crippen molar-refractivity contribution >= 4 is 28.5 Å². The summed E-state index contributed by atoms with van der Waals surface area (Å²) in [5.74, 6) is -0.814. The first kappa shape index (κ1) is 19.2. The van der Waals surface area contributed by atoms with Crippen LogP contribution >= 0.6 is 0 Å². The monoisotopic (exact) mass is 418 g/mol. The number of pyridine rings is 1. The third-order valence-electron chi connectivity index (χ3n) is 5.73. The largest absolute Gasteiger partial charge is 0.368 e. The zero-order valence-electron chi connectivity index (χ0n) is 16.6. The Kier molecular flexibility index (Phi) is 4.86. The number of amides is 1. The molecule has 7 heteroatoms. The van der Waals surface area contributed by atoms with Crippen molar-refractivity contribution < 1.29 is 13.6 Å². The highest BCUT2D eigenvalue weighted by atomic mass is 19.1. The van der Waals surface area contributed by atoms with Crippen LogP contribution in [0, 0.1) is 11.6 Å². The second-order valence-electron chi connectivity index (χ2n) is 7.70. The fourth-order valence-corrected chi connectivity index (χ4v) is 4.15. The Hall–Kier alpha value is -3.74. The van der Waals surface area contributed by atoms with Crippen LogP contribution in [0.5, 0.6) is 0 Å². The molecule has 0 aliphatic carbocycles. The molecule has 0 bridgehead atoms. The number of nitrogens with zero attached hydrogens (tertiary/aromatic N) is 2. The Labute approximate surface area is 178 Å². The molecule has 5 nitrogen and oxygen atoms in total. The smallest absolute Gasteiger partial charge is 0.257 e. The zero-order chi connectivity index (χ0) is 21.4. The number of carbonyl (C=O) groups is 1. The number of rotatable bonds is 4. The average Bonchev–Trinajstić information content (AvgIpc) is 3.37. The van der Waals surface area contributed by atoms with Crippen LogP contribution in [0.15, 0.2) is 67.0 Å². The van der Waals surface area contributed by atoms with E-state index in [0.29, 0.717) is 34.7 Å². The summed E-state index contributed by atoms with van der Waals surface area (Å²) in [5, 5.41) is 5.64. The average molecular weight is 418 g/mol. The topological polar surface area (TPSA) is 57.3 Å². The van der Waals surface area contributed by atoms with Crippen LogP contribution in [0.4, 0.5) is 25.8 Å². The van der Waals surface area contributed by atoms with Crippen molar-refractivity contribution in [2.24, 2.45) is 0 Å². The standard InChI is InChI=1S/C24H20F2N4O/c25-16-4-6-22-18(11-16)19(24(31)29-22)13-28-17-5-7-23(20(26)12-17)30-10-8-15(14-30)21-3-1-2-9-27-21/h1-7,9,11-13,15,28H,8,10,14H2,(H,29,31)/b19-13-. The van der Waals surface area contributed by atoms with Crippen LogP contribution in [0.2, 0.25) is 0 Å². The minimum absolute atomic E-state index is 0.282. The molecule has 1 atom stereocenters. The normalized spacial score (nSPS) is 18.9. The molecule has 1 saturated heterocycles. The van der Waals surface area contributed by atoms with Crippen molar-refractivity contribution in [3.05, 3.63) is 89.9 Å². The van der Waals surface area contributed by atoms with Gasteiger partial charge in [-0.1, -0.05) is 6.07 Å². The van der Waals surface area contributed by atoms with E-state index in [-0.39, 0.29) is 17.6 Å². The van der Waals surface area contributed by atoms with Gasteiger partial charge in [0.1, 0.15) is 11.6 Å². The molecule has 3 heterocycles. The predicted molar refractivity (Wildman–Crippen MR) is 117 cm³/mol. The minimum Gasteiger partial charge on any atom is -0.368 e. The molecule has 0 radical (unpaired) electrons. The van der Waals surface area contributed by atoms with Crippen molar-refractivity contribution in [3.63, 3.8) is 0 Å². The molecule has 1 amide bonds. The first-order valence-electron chi connectivity index (χ1n) is 10.1. The fraction of sp³-hybridized carbons (Fsp3) is 0.167. The number of anilines is 3. The molecule has 1 unspecified atom stereocenters. The second-order valence-corrected chi connectivity index (χ2v) is 7.70. The Balaban J connectivity index is 1.31. The first-order valence-corrected chi connectivity index (χ1v) is 10.1. The first-order chi connectivity index (χ1) is 15.1. The lowest BCUT2D eigenvalue weighted by atomic mass is 10.0. The number of hydrogen-bond donors (Lipinski definition) is 2. The van der Waals surface area contributed by atoms with Gasteiger partial charge in [0.15, 0.2) is 0 Å². The summed E-state index contributed by atoms with van der Waals surface area (Å²) in [6.45, 7) is 1.48. The summed E-state index contributed by atoms with van der Waals surface area (Å²) < 4.78 is 28.4. The number of hydrogen-bond acceptors (Lipinski definition) is 4. The third-order valence-corrected chi connectivity index (χ3v) is 5.73. The van der Waals surface area contributed by atoms with Gasteiger partial charge < -0.3 is 15.5 Å². The van der Waals surface area contributed by atoms with Gasteiger partial charge in [-0.15, -0.1) is 0 Å². The van der Waals surface area contributed by atoms with Gasteiger partial charge in [-0.05, 0) is 55.0 Å². The maximum atomic E-state index is 14.9.